The van der Waals surface area contributed by atoms with Gasteiger partial charge in [0.05, 0.1) is 12.5 Å². The van der Waals surface area contributed by atoms with Crippen LogP contribution >= 0.6 is 0 Å². The fraction of sp³-hybridized carbons (Fsp3) is 0.0577. The third-order valence-electron chi connectivity index (χ3n) is 10.8. The smallest absolute Gasteiger partial charge is 0.193 e. The molecule has 0 bridgehead atoms. The van der Waals surface area contributed by atoms with Gasteiger partial charge in [-0.25, -0.2) is 0 Å². The maximum Gasteiger partial charge on any atom is 0.193 e. The number of carbonyl (C=O) groups is 1. The molecule has 8 aromatic carbocycles. The predicted molar refractivity (Wildman–Crippen MR) is 222 cm³/mol. The summed E-state index contributed by atoms with van der Waals surface area (Å²) < 4.78 is 12.7. The van der Waals surface area contributed by atoms with E-state index in [-0.39, 0.29) is 5.78 Å². The van der Waals surface area contributed by atoms with E-state index in [9.17, 15) is 4.79 Å². The number of benzene rings is 8. The van der Waals surface area contributed by atoms with Crippen molar-refractivity contribution in [1.82, 2.24) is 0 Å². The fourth-order valence-corrected chi connectivity index (χ4v) is 8.18. The second-order valence-corrected chi connectivity index (χ2v) is 14.0. The lowest BCUT2D eigenvalue weighted by Crippen LogP contribution is -2.28. The Morgan fingerprint density at radius 1 is 0.455 bits per heavy atom. The van der Waals surface area contributed by atoms with Crippen molar-refractivity contribution < 1.29 is 14.3 Å². The van der Waals surface area contributed by atoms with Crippen LogP contribution in [-0.2, 0) is 5.41 Å². The van der Waals surface area contributed by atoms with E-state index >= 15 is 0 Å². The Hall–Kier alpha value is -6.97. The second kappa shape index (κ2) is 14.1. The number of ketones is 1. The lowest BCUT2D eigenvalue weighted by Gasteiger charge is -2.35. The number of ether oxygens (including phenoxy) is 2. The van der Waals surface area contributed by atoms with E-state index in [4.69, 9.17) is 9.47 Å². The molecule has 0 saturated heterocycles. The summed E-state index contributed by atoms with van der Waals surface area (Å²) >= 11 is 0. The molecule has 0 fully saturated rings. The Labute approximate surface area is 322 Å². The van der Waals surface area contributed by atoms with E-state index in [1.807, 2.05) is 67.6 Å². The minimum Gasteiger partial charge on any atom is -0.496 e. The molecule has 0 heterocycles. The first kappa shape index (κ1) is 33.8. The third kappa shape index (κ3) is 5.91. The summed E-state index contributed by atoms with van der Waals surface area (Å²) in [5, 5.41) is 0. The normalized spacial score (nSPS) is 12.4. The number of carbonyl (C=O) groups excluding carboxylic acids is 1. The lowest BCUT2D eigenvalue weighted by atomic mass is 9.67. The first-order valence-electron chi connectivity index (χ1n) is 18.6. The van der Waals surface area contributed by atoms with Crippen LogP contribution in [0.5, 0.6) is 17.2 Å². The van der Waals surface area contributed by atoms with Gasteiger partial charge in [0.15, 0.2) is 5.78 Å². The van der Waals surface area contributed by atoms with Crippen molar-refractivity contribution in [1.29, 1.82) is 0 Å². The molecule has 1 aliphatic carbocycles. The molecule has 3 nitrogen and oxygen atoms in total. The summed E-state index contributed by atoms with van der Waals surface area (Å²) in [6.45, 7) is 2.02. The van der Waals surface area contributed by atoms with E-state index in [1.54, 1.807) is 7.11 Å². The van der Waals surface area contributed by atoms with Crippen LogP contribution in [0.15, 0.2) is 194 Å². The first-order valence-corrected chi connectivity index (χ1v) is 18.6. The number of hydrogen-bond donors (Lipinski definition) is 0. The minimum absolute atomic E-state index is 0.0164. The Morgan fingerprint density at radius 2 is 0.909 bits per heavy atom. The fourth-order valence-electron chi connectivity index (χ4n) is 8.18. The van der Waals surface area contributed by atoms with Gasteiger partial charge in [0.25, 0.3) is 0 Å². The maximum atomic E-state index is 13.2. The van der Waals surface area contributed by atoms with Gasteiger partial charge in [0.1, 0.15) is 17.2 Å². The van der Waals surface area contributed by atoms with Gasteiger partial charge in [-0.2, -0.15) is 0 Å². The van der Waals surface area contributed by atoms with Gasteiger partial charge in [-0.15, -0.1) is 0 Å². The van der Waals surface area contributed by atoms with Crippen LogP contribution < -0.4 is 9.47 Å². The highest BCUT2D eigenvalue weighted by Gasteiger charge is 2.46. The largest absolute Gasteiger partial charge is 0.496 e. The van der Waals surface area contributed by atoms with Crippen molar-refractivity contribution in [3.8, 4) is 50.6 Å². The number of fused-ring (bicyclic) bond motifs is 3. The Balaban J connectivity index is 1.22. The van der Waals surface area contributed by atoms with E-state index < -0.39 is 5.41 Å². The quantitative estimate of drug-likeness (QED) is 0.140. The van der Waals surface area contributed by atoms with Gasteiger partial charge >= 0.3 is 0 Å². The summed E-state index contributed by atoms with van der Waals surface area (Å²) in [7, 11) is 1.73. The molecule has 3 heteroatoms. The molecule has 0 saturated carbocycles. The van der Waals surface area contributed by atoms with Gasteiger partial charge in [0.2, 0.25) is 0 Å². The van der Waals surface area contributed by atoms with Crippen LogP contribution in [0, 0.1) is 6.92 Å². The molecule has 0 spiro atoms. The zero-order valence-corrected chi connectivity index (χ0v) is 30.7. The zero-order valence-electron chi connectivity index (χ0n) is 30.7. The number of rotatable bonds is 9. The zero-order chi connectivity index (χ0) is 37.4. The van der Waals surface area contributed by atoms with Gasteiger partial charge < -0.3 is 9.47 Å². The SMILES string of the molecule is COc1ccc(C2(c3ccc(Oc4ccc(C(=O)c5ccc(C)cc5)cc4)c(-c4ccccc4)c3)c3ccccc3-c3ccccc32)cc1-c1ccccc1. The van der Waals surface area contributed by atoms with Gasteiger partial charge in [-0.05, 0) is 100.0 Å². The van der Waals surface area contributed by atoms with Crippen molar-refractivity contribution in [2.75, 3.05) is 7.11 Å². The molecule has 0 atom stereocenters. The Morgan fingerprint density at radius 3 is 1.44 bits per heavy atom. The lowest BCUT2D eigenvalue weighted by molar-refractivity contribution is 0.103. The van der Waals surface area contributed by atoms with Crippen molar-refractivity contribution >= 4 is 5.78 Å². The predicted octanol–water partition coefficient (Wildman–Crippen LogP) is 12.7. The third-order valence-corrected chi connectivity index (χ3v) is 10.8. The van der Waals surface area contributed by atoms with Crippen LogP contribution in [0.3, 0.4) is 0 Å². The van der Waals surface area contributed by atoms with Crippen molar-refractivity contribution in [2.24, 2.45) is 0 Å². The molecule has 9 rings (SSSR count). The molecular weight excluding hydrogens is 673 g/mol. The van der Waals surface area contributed by atoms with Gasteiger partial charge in [-0.3, -0.25) is 4.79 Å². The molecule has 1 aliphatic rings. The summed E-state index contributed by atoms with van der Waals surface area (Å²) in [5.41, 5.74) is 13.0. The molecule has 55 heavy (non-hydrogen) atoms. The minimum atomic E-state index is -0.650. The highest BCUT2D eigenvalue weighted by Crippen LogP contribution is 2.57. The molecule has 0 N–H and O–H groups in total. The number of aryl methyl sites for hydroxylation is 1. The van der Waals surface area contributed by atoms with Gasteiger partial charge in [0, 0.05) is 22.3 Å². The van der Waals surface area contributed by atoms with E-state index in [2.05, 4.69) is 133 Å². The summed E-state index contributed by atoms with van der Waals surface area (Å²) in [5.74, 6) is 2.18. The van der Waals surface area contributed by atoms with Crippen LogP contribution in [0.1, 0.15) is 43.7 Å². The van der Waals surface area contributed by atoms with Gasteiger partial charge in [-0.1, -0.05) is 151 Å². The first-order chi connectivity index (χ1) is 27.0. The monoisotopic (exact) mass is 710 g/mol. The van der Waals surface area contributed by atoms with Crippen LogP contribution in [0.25, 0.3) is 33.4 Å². The van der Waals surface area contributed by atoms with Crippen molar-refractivity contribution in [3.63, 3.8) is 0 Å². The average Bonchev–Trinajstić information content (AvgIpc) is 3.55. The van der Waals surface area contributed by atoms with Crippen LogP contribution in [0.4, 0.5) is 0 Å². The highest BCUT2D eigenvalue weighted by atomic mass is 16.5. The summed E-state index contributed by atoms with van der Waals surface area (Å²) in [6.07, 6.45) is 0. The number of hydrogen-bond acceptors (Lipinski definition) is 3. The summed E-state index contributed by atoms with van der Waals surface area (Å²) in [4.78, 5) is 13.2. The van der Waals surface area contributed by atoms with E-state index in [0.29, 0.717) is 16.9 Å². The van der Waals surface area contributed by atoms with Crippen molar-refractivity contribution in [2.45, 2.75) is 12.3 Å². The molecule has 264 valence electrons. The second-order valence-electron chi connectivity index (χ2n) is 14.0. The standard InChI is InChI=1S/C52H38O3/c1-35-21-23-38(24-22-35)51(53)39-25-29-42(30-26-39)55-50-32-28-41(34-46(50)37-15-7-4-8-16-37)52(47-19-11-9-17-43(47)44-18-10-12-20-48(44)52)40-27-31-49(54-2)45(33-40)36-13-5-3-6-14-36/h3-34H,1-2H3. The average molecular weight is 711 g/mol. The molecule has 0 aromatic heterocycles. The van der Waals surface area contributed by atoms with E-state index in [0.717, 1.165) is 50.4 Å². The molecule has 0 unspecified atom stereocenters. The van der Waals surface area contributed by atoms with Crippen molar-refractivity contribution in [3.05, 3.63) is 233 Å². The van der Waals surface area contributed by atoms with Crippen LogP contribution in [-0.4, -0.2) is 12.9 Å². The molecule has 0 amide bonds. The van der Waals surface area contributed by atoms with E-state index in [1.165, 1.54) is 22.3 Å². The molecule has 0 aliphatic heterocycles. The maximum absolute atomic E-state index is 13.2. The highest BCUT2D eigenvalue weighted by molar-refractivity contribution is 6.09. The summed E-state index contributed by atoms with van der Waals surface area (Å²) in [6, 6.07) is 66.7. The molecular formula is C52H38O3. The number of methoxy groups -OCH3 is 1. The van der Waals surface area contributed by atoms with Crippen LogP contribution in [0.2, 0.25) is 0 Å². The molecule has 8 aromatic rings. The Kier molecular flexibility index (Phi) is 8.68. The molecule has 0 radical (unpaired) electrons. The topological polar surface area (TPSA) is 35.5 Å². The Bertz CT molecular complexity index is 2610.